The number of hydrogen-bond donors (Lipinski definition) is 0. The van der Waals surface area contributed by atoms with Gasteiger partial charge in [-0.2, -0.15) is 10.5 Å². The quantitative estimate of drug-likeness (QED) is 0.0396. The van der Waals surface area contributed by atoms with Gasteiger partial charge in [0.25, 0.3) is 20.0 Å². The summed E-state index contributed by atoms with van der Waals surface area (Å²) in [5.74, 6) is -0.272. The van der Waals surface area contributed by atoms with Gasteiger partial charge in [-0.1, -0.05) is 101 Å². The van der Waals surface area contributed by atoms with Crippen molar-refractivity contribution >= 4 is 91.6 Å². The highest BCUT2D eigenvalue weighted by atomic mass is 32.2. The zero-order valence-electron chi connectivity index (χ0n) is 50.9. The first kappa shape index (κ1) is 62.4. The van der Waals surface area contributed by atoms with Gasteiger partial charge in [0.15, 0.2) is 11.6 Å². The Morgan fingerprint density at radius 2 is 0.930 bits per heavy atom. The van der Waals surface area contributed by atoms with Crippen molar-refractivity contribution < 1.29 is 35.9 Å². The Morgan fingerprint density at radius 3 is 1.35 bits per heavy atom. The second-order valence-electron chi connectivity index (χ2n) is 24.3. The van der Waals surface area contributed by atoms with Crippen LogP contribution in [0.5, 0.6) is 0 Å². The van der Waals surface area contributed by atoms with E-state index in [9.17, 15) is 36.9 Å². The van der Waals surface area contributed by atoms with Gasteiger partial charge in [0.1, 0.15) is 13.5 Å². The molecule has 0 amide bonds. The number of benzene rings is 6. The van der Waals surface area contributed by atoms with Gasteiger partial charge >= 0.3 is 0 Å². The van der Waals surface area contributed by atoms with E-state index in [-0.39, 0.29) is 46.5 Å². The summed E-state index contributed by atoms with van der Waals surface area (Å²) >= 11 is 0. The third-order valence-corrected chi connectivity index (χ3v) is 22.2. The predicted octanol–water partition coefficient (Wildman–Crippen LogP) is 13.6. The zero-order chi connectivity index (χ0) is 62.2. The summed E-state index contributed by atoms with van der Waals surface area (Å²) in [6.45, 7) is 26.5. The monoisotopic (exact) mass is 1220 g/mol. The molecule has 0 unspecified atom stereocenters. The van der Waals surface area contributed by atoms with Crippen LogP contribution in [0.4, 0.5) is 0 Å². The molecule has 10 aromatic rings. The molecule has 86 heavy (non-hydrogen) atoms. The number of nitriles is 2. The number of imidazole rings is 2. The molecule has 6 aromatic carbocycles. The van der Waals surface area contributed by atoms with E-state index >= 15 is 0 Å². The molecule has 16 nitrogen and oxygen atoms in total. The Morgan fingerprint density at radius 1 is 0.523 bits per heavy atom. The Bertz CT molecular complexity index is 4430. The molecule has 0 bridgehead atoms. The molecule has 0 radical (unpaired) electrons. The fourth-order valence-corrected chi connectivity index (χ4v) is 14.9. The van der Waals surface area contributed by atoms with Crippen molar-refractivity contribution in [2.24, 2.45) is 0 Å². The molecular weight excluding hydrogens is 1150 g/mol. The number of ether oxygens (including phenoxy) is 2. The topological polar surface area (TPSA) is 214 Å². The van der Waals surface area contributed by atoms with E-state index < -0.39 is 36.2 Å². The summed E-state index contributed by atoms with van der Waals surface area (Å²) < 4.78 is 73.2. The van der Waals surface area contributed by atoms with Crippen molar-refractivity contribution in [3.05, 3.63) is 189 Å². The third kappa shape index (κ3) is 12.6. The van der Waals surface area contributed by atoms with Crippen molar-refractivity contribution in [2.75, 3.05) is 13.2 Å². The first-order valence-corrected chi connectivity index (χ1v) is 39.0. The van der Waals surface area contributed by atoms with E-state index in [1.807, 2.05) is 53.7 Å². The lowest BCUT2D eigenvalue weighted by Crippen LogP contribution is -2.22. The number of rotatable bonds is 20. The zero-order valence-corrected chi connectivity index (χ0v) is 54.5. The number of aromatic nitrogens is 6. The van der Waals surface area contributed by atoms with Gasteiger partial charge in [0, 0.05) is 63.7 Å². The van der Waals surface area contributed by atoms with Gasteiger partial charge in [0.2, 0.25) is 11.6 Å². The van der Waals surface area contributed by atoms with Crippen molar-refractivity contribution in [2.45, 2.75) is 129 Å². The molecule has 444 valence electrons. The molecule has 0 saturated carbocycles. The average molecular weight is 1230 g/mol. The van der Waals surface area contributed by atoms with Crippen LogP contribution in [0.3, 0.4) is 0 Å². The van der Waals surface area contributed by atoms with Gasteiger partial charge in [-0.25, -0.2) is 34.7 Å². The van der Waals surface area contributed by atoms with Gasteiger partial charge in [0.05, 0.1) is 66.2 Å². The fourth-order valence-electron chi connectivity index (χ4n) is 10.6. The normalized spacial score (nSPS) is 12.2. The van der Waals surface area contributed by atoms with Crippen molar-refractivity contribution in [3.63, 3.8) is 0 Å². The second kappa shape index (κ2) is 24.7. The Labute approximate surface area is 505 Å². The standard InChI is InChI=1S/2C33H36N4O4SSi/c1-7-25-18-23(3)31-27(14-15-37(31)42(39,40)26-11-8-22(2)9-12-26)30(25)32(38)33-35-28-19-24(20-34)10-13-29(28)36(33)21-41-16-17-43(4,5)6;1-7-25-18-23(3)31-27(14-15-37(31)42(39,40)26-11-8-22(2)9-12-26)30(25)32(38)33-35-28-13-10-24(20-34)19-29(28)36(33)21-41-16-17-43(4,5)6/h2*8-15,18-19H,7,16-17,21H2,1-6H3. The number of nitrogens with zero attached hydrogens (tertiary/aromatic N) is 8. The van der Waals surface area contributed by atoms with E-state index in [1.165, 1.54) is 20.3 Å². The van der Waals surface area contributed by atoms with Crippen LogP contribution in [0, 0.1) is 50.4 Å². The minimum absolute atomic E-state index is 0.107. The van der Waals surface area contributed by atoms with Gasteiger partial charge in [-0.15, -0.1) is 0 Å². The molecule has 4 heterocycles. The van der Waals surface area contributed by atoms with Gasteiger partial charge in [-0.05, 0) is 148 Å². The number of carbonyl (C=O) groups is 2. The maximum absolute atomic E-state index is 14.5. The largest absolute Gasteiger partial charge is 0.361 e. The molecule has 0 aliphatic rings. The van der Waals surface area contributed by atoms with E-state index in [4.69, 9.17) is 19.4 Å². The van der Waals surface area contributed by atoms with Crippen LogP contribution < -0.4 is 0 Å². The minimum atomic E-state index is -3.91. The van der Waals surface area contributed by atoms with Gasteiger partial charge < -0.3 is 9.47 Å². The van der Waals surface area contributed by atoms with E-state index in [2.05, 4.69) is 51.4 Å². The van der Waals surface area contributed by atoms with E-state index in [0.717, 1.165) is 45.5 Å². The molecule has 0 atom stereocenters. The maximum atomic E-state index is 14.5. The Kier molecular flexibility index (Phi) is 17.9. The molecule has 0 saturated heterocycles. The number of fused-ring (bicyclic) bond motifs is 4. The number of ketones is 2. The van der Waals surface area contributed by atoms with E-state index in [1.54, 1.807) is 106 Å². The molecule has 0 N–H and O–H groups in total. The summed E-state index contributed by atoms with van der Waals surface area (Å²) in [5, 5.41) is 20.1. The lowest BCUT2D eigenvalue weighted by atomic mass is 9.94. The Balaban J connectivity index is 0.000000205. The van der Waals surface area contributed by atoms with Crippen LogP contribution in [0.15, 0.2) is 131 Å². The first-order chi connectivity index (χ1) is 40.7. The van der Waals surface area contributed by atoms with Crippen LogP contribution >= 0.6 is 0 Å². The highest BCUT2D eigenvalue weighted by Crippen LogP contribution is 2.35. The SMILES string of the molecule is CCc1cc(C)c2c(ccn2S(=O)(=O)c2ccc(C)cc2)c1C(=O)c1nc2cc(C#N)ccc2n1COCC[Si](C)(C)C.CCc1cc(C)c2c(ccn2S(=O)(=O)c2ccc(C)cc2)c1C(=O)c1nc2ccc(C#N)cc2n1COCC[Si](C)(C)C. The number of carbonyl (C=O) groups excluding carboxylic acids is 2. The smallest absolute Gasteiger partial charge is 0.268 e. The van der Waals surface area contributed by atoms with Crippen LogP contribution in [0.2, 0.25) is 51.4 Å². The second-order valence-corrected chi connectivity index (χ2v) is 39.1. The molecular formula is C66H72N8O8S2Si2. The number of hydrogen-bond acceptors (Lipinski definition) is 12. The summed E-state index contributed by atoms with van der Waals surface area (Å²) in [6.07, 6.45) is 4.17. The highest BCUT2D eigenvalue weighted by Gasteiger charge is 2.31. The van der Waals surface area contributed by atoms with Crippen molar-refractivity contribution in [1.29, 1.82) is 10.5 Å². The lowest BCUT2D eigenvalue weighted by molar-refractivity contribution is 0.0834. The maximum Gasteiger partial charge on any atom is 0.268 e. The minimum Gasteiger partial charge on any atom is -0.361 e. The average Bonchev–Trinajstić information content (AvgIpc) is 1.57. The molecule has 0 spiro atoms. The van der Waals surface area contributed by atoms with Crippen LogP contribution in [-0.4, -0.2) is 84.8 Å². The van der Waals surface area contributed by atoms with Gasteiger partial charge in [-0.3, -0.25) is 18.7 Å². The summed E-state index contributed by atoms with van der Waals surface area (Å²) in [7, 11) is -10.5. The molecule has 10 rings (SSSR count). The molecule has 0 fully saturated rings. The van der Waals surface area contributed by atoms with Crippen LogP contribution in [-0.2, 0) is 55.8 Å². The summed E-state index contributed by atoms with van der Waals surface area (Å²) in [5.41, 5.74) is 10.1. The highest BCUT2D eigenvalue weighted by molar-refractivity contribution is 7.90. The molecule has 0 aliphatic heterocycles. The van der Waals surface area contributed by atoms with E-state index in [0.29, 0.717) is 92.2 Å². The molecule has 20 heteroatoms. The first-order valence-electron chi connectivity index (χ1n) is 28.7. The Hall–Kier alpha value is -8.09. The summed E-state index contributed by atoms with van der Waals surface area (Å²) in [4.78, 5) is 38.8. The fraction of sp³-hybridized carbons (Fsp3) is 0.303. The predicted molar refractivity (Wildman–Crippen MR) is 344 cm³/mol. The van der Waals surface area contributed by atoms with Crippen LogP contribution in [0.25, 0.3) is 43.9 Å². The molecule has 4 aromatic heterocycles. The lowest BCUT2D eigenvalue weighted by Gasteiger charge is -2.17. The van der Waals surface area contributed by atoms with Crippen molar-refractivity contribution in [1.82, 2.24) is 27.0 Å². The number of aryl methyl sites for hydroxylation is 6. The summed E-state index contributed by atoms with van der Waals surface area (Å²) in [6, 6.07) is 37.2. The third-order valence-electron chi connectivity index (χ3n) is 15.4. The van der Waals surface area contributed by atoms with Crippen molar-refractivity contribution in [3.8, 4) is 12.1 Å². The van der Waals surface area contributed by atoms with Crippen LogP contribution in [0.1, 0.15) is 90.7 Å². The molecule has 0 aliphatic carbocycles.